The summed E-state index contributed by atoms with van der Waals surface area (Å²) in [5.41, 5.74) is 0. The van der Waals surface area contributed by atoms with Crippen LogP contribution in [0.5, 0.6) is 5.75 Å². The van der Waals surface area contributed by atoms with Crippen molar-refractivity contribution in [1.82, 2.24) is 10.2 Å². The average molecular weight is 382 g/mol. The second-order valence-corrected chi connectivity index (χ2v) is 7.24. The minimum atomic E-state index is 0. The molecule has 2 fully saturated rings. The standard InChI is InChI=1S/C13H17BrN2O2S.ClH/c1-7-10(14)11(18-2)12(19-7)13(17)16-5-8-3-15-4-9(8)6-16;/h8-9,15H,3-6H2,1-2H3;1H/t8-,9+;. The number of hydrogen-bond acceptors (Lipinski definition) is 4. The molecule has 1 aromatic rings. The fourth-order valence-corrected chi connectivity index (χ4v) is 4.71. The van der Waals surface area contributed by atoms with Gasteiger partial charge in [-0.1, -0.05) is 0 Å². The monoisotopic (exact) mass is 380 g/mol. The van der Waals surface area contributed by atoms with Crippen LogP contribution in [-0.2, 0) is 0 Å². The molecule has 1 N–H and O–H groups in total. The molecule has 2 aliphatic rings. The van der Waals surface area contributed by atoms with E-state index >= 15 is 0 Å². The summed E-state index contributed by atoms with van der Waals surface area (Å²) in [7, 11) is 1.62. The molecule has 0 radical (unpaired) electrons. The van der Waals surface area contributed by atoms with Gasteiger partial charge in [-0.15, -0.1) is 23.7 Å². The number of rotatable bonds is 2. The van der Waals surface area contributed by atoms with Crippen molar-refractivity contribution < 1.29 is 9.53 Å². The van der Waals surface area contributed by atoms with E-state index in [1.807, 2.05) is 11.8 Å². The summed E-state index contributed by atoms with van der Waals surface area (Å²) in [5, 5.41) is 3.39. The molecule has 0 unspecified atom stereocenters. The molecule has 20 heavy (non-hydrogen) atoms. The van der Waals surface area contributed by atoms with Crippen LogP contribution < -0.4 is 10.1 Å². The topological polar surface area (TPSA) is 41.6 Å². The first-order chi connectivity index (χ1) is 9.11. The number of carbonyl (C=O) groups excluding carboxylic acids is 1. The highest BCUT2D eigenvalue weighted by Crippen LogP contribution is 2.40. The molecule has 1 aromatic heterocycles. The van der Waals surface area contributed by atoms with Crippen LogP contribution in [0, 0.1) is 18.8 Å². The van der Waals surface area contributed by atoms with Crippen LogP contribution in [0.2, 0.25) is 0 Å². The molecule has 0 saturated carbocycles. The molecule has 2 saturated heterocycles. The molecule has 4 nitrogen and oxygen atoms in total. The largest absolute Gasteiger partial charge is 0.494 e. The molecule has 2 aliphatic heterocycles. The Morgan fingerprint density at radius 2 is 2.00 bits per heavy atom. The lowest BCUT2D eigenvalue weighted by Gasteiger charge is -2.17. The number of aryl methyl sites for hydroxylation is 1. The summed E-state index contributed by atoms with van der Waals surface area (Å²) >= 11 is 5.00. The Bertz CT molecular complexity index is 511. The number of fused-ring (bicyclic) bond motifs is 1. The molecule has 1 amide bonds. The summed E-state index contributed by atoms with van der Waals surface area (Å²) in [6.07, 6.45) is 0. The van der Waals surface area contributed by atoms with Crippen molar-refractivity contribution in [2.75, 3.05) is 33.3 Å². The Morgan fingerprint density at radius 3 is 2.55 bits per heavy atom. The van der Waals surface area contributed by atoms with E-state index in [4.69, 9.17) is 4.74 Å². The van der Waals surface area contributed by atoms with Crippen molar-refractivity contribution in [3.63, 3.8) is 0 Å². The van der Waals surface area contributed by atoms with E-state index in [1.54, 1.807) is 7.11 Å². The summed E-state index contributed by atoms with van der Waals surface area (Å²) in [6.45, 7) is 5.82. The van der Waals surface area contributed by atoms with Crippen LogP contribution >= 0.6 is 39.7 Å². The van der Waals surface area contributed by atoms with Crippen molar-refractivity contribution >= 4 is 45.6 Å². The van der Waals surface area contributed by atoms with Gasteiger partial charge in [-0.2, -0.15) is 0 Å². The highest BCUT2D eigenvalue weighted by atomic mass is 79.9. The van der Waals surface area contributed by atoms with Gasteiger partial charge in [0.15, 0.2) is 5.75 Å². The van der Waals surface area contributed by atoms with Gasteiger partial charge in [0, 0.05) is 31.1 Å². The lowest BCUT2D eigenvalue weighted by molar-refractivity contribution is 0.0783. The number of hydrogen-bond donors (Lipinski definition) is 1. The Kier molecular flexibility index (Phi) is 5.00. The fourth-order valence-electron chi connectivity index (χ4n) is 2.99. The third-order valence-corrected chi connectivity index (χ3v) is 6.34. The van der Waals surface area contributed by atoms with Crippen molar-refractivity contribution in [2.24, 2.45) is 11.8 Å². The van der Waals surface area contributed by atoms with E-state index in [9.17, 15) is 4.79 Å². The predicted octanol–water partition coefficient (Wildman–Crippen LogP) is 2.54. The first-order valence-corrected chi connectivity index (χ1v) is 8.05. The van der Waals surface area contributed by atoms with Gasteiger partial charge < -0.3 is 15.0 Å². The van der Waals surface area contributed by atoms with Crippen molar-refractivity contribution in [3.8, 4) is 5.75 Å². The van der Waals surface area contributed by atoms with Gasteiger partial charge in [-0.3, -0.25) is 4.79 Å². The Hall–Kier alpha value is -0.300. The van der Waals surface area contributed by atoms with Crippen molar-refractivity contribution in [1.29, 1.82) is 0 Å². The molecule has 2 atom stereocenters. The van der Waals surface area contributed by atoms with Gasteiger partial charge in [0.25, 0.3) is 5.91 Å². The maximum absolute atomic E-state index is 12.6. The number of amides is 1. The van der Waals surface area contributed by atoms with Gasteiger partial charge in [0.2, 0.25) is 0 Å². The van der Waals surface area contributed by atoms with E-state index < -0.39 is 0 Å². The maximum atomic E-state index is 12.6. The number of nitrogens with zero attached hydrogens (tertiary/aromatic N) is 1. The molecule has 3 heterocycles. The molecule has 7 heteroatoms. The Morgan fingerprint density at radius 1 is 1.40 bits per heavy atom. The van der Waals surface area contributed by atoms with Crippen molar-refractivity contribution in [3.05, 3.63) is 14.2 Å². The Labute approximate surface area is 137 Å². The highest BCUT2D eigenvalue weighted by Gasteiger charge is 2.39. The van der Waals surface area contributed by atoms with Gasteiger partial charge >= 0.3 is 0 Å². The average Bonchev–Trinajstić information content (AvgIpc) is 3.03. The van der Waals surface area contributed by atoms with Gasteiger partial charge in [-0.25, -0.2) is 0 Å². The van der Waals surface area contributed by atoms with E-state index in [-0.39, 0.29) is 18.3 Å². The van der Waals surface area contributed by atoms with E-state index in [0.717, 1.165) is 40.4 Å². The van der Waals surface area contributed by atoms with Crippen LogP contribution in [0.1, 0.15) is 14.5 Å². The molecule has 0 spiro atoms. The van der Waals surface area contributed by atoms with Crippen LogP contribution in [0.25, 0.3) is 0 Å². The van der Waals surface area contributed by atoms with E-state index in [2.05, 4.69) is 21.2 Å². The summed E-state index contributed by atoms with van der Waals surface area (Å²) < 4.78 is 6.28. The first-order valence-electron chi connectivity index (χ1n) is 6.44. The molecular weight excluding hydrogens is 364 g/mol. The molecular formula is C13H18BrClN2O2S. The fraction of sp³-hybridized carbons (Fsp3) is 0.615. The zero-order valence-corrected chi connectivity index (χ0v) is 14.7. The van der Waals surface area contributed by atoms with Crippen LogP contribution in [0.4, 0.5) is 0 Å². The second kappa shape index (κ2) is 6.22. The number of carbonyl (C=O) groups is 1. The minimum absolute atomic E-state index is 0. The number of methoxy groups -OCH3 is 1. The summed E-state index contributed by atoms with van der Waals surface area (Å²) in [6, 6.07) is 0. The van der Waals surface area contributed by atoms with Crippen LogP contribution in [-0.4, -0.2) is 44.1 Å². The van der Waals surface area contributed by atoms with Gasteiger partial charge in [0.05, 0.1) is 11.6 Å². The smallest absolute Gasteiger partial charge is 0.267 e. The Balaban J connectivity index is 0.00000147. The zero-order valence-electron chi connectivity index (χ0n) is 11.4. The van der Waals surface area contributed by atoms with Crippen LogP contribution in [0.15, 0.2) is 4.47 Å². The lowest BCUT2D eigenvalue weighted by atomic mass is 10.0. The number of ether oxygens (including phenoxy) is 1. The minimum Gasteiger partial charge on any atom is -0.494 e. The molecule has 3 rings (SSSR count). The quantitative estimate of drug-likeness (QED) is 0.856. The zero-order chi connectivity index (χ0) is 13.6. The van der Waals surface area contributed by atoms with E-state index in [0.29, 0.717) is 17.6 Å². The first kappa shape index (κ1) is 16.1. The summed E-state index contributed by atoms with van der Waals surface area (Å²) in [4.78, 5) is 16.4. The van der Waals surface area contributed by atoms with Crippen LogP contribution in [0.3, 0.4) is 0 Å². The molecule has 0 aromatic carbocycles. The SMILES string of the molecule is COc1c(C(=O)N2C[C@H]3CNC[C@H]3C2)sc(C)c1Br.Cl. The number of likely N-dealkylation sites (tertiary alicyclic amines) is 1. The third-order valence-electron chi connectivity index (χ3n) is 4.04. The number of nitrogens with one attached hydrogen (secondary N) is 1. The third kappa shape index (κ3) is 2.58. The predicted molar refractivity (Wildman–Crippen MR) is 86.3 cm³/mol. The maximum Gasteiger partial charge on any atom is 0.267 e. The highest BCUT2D eigenvalue weighted by molar-refractivity contribution is 9.10. The number of halogens is 2. The molecule has 0 bridgehead atoms. The molecule has 0 aliphatic carbocycles. The van der Waals surface area contributed by atoms with E-state index in [1.165, 1.54) is 11.3 Å². The normalized spacial score (nSPS) is 24.4. The summed E-state index contributed by atoms with van der Waals surface area (Å²) in [5.74, 6) is 2.05. The lowest BCUT2D eigenvalue weighted by Crippen LogP contribution is -2.31. The molecule has 112 valence electrons. The van der Waals surface area contributed by atoms with Gasteiger partial charge in [-0.05, 0) is 34.7 Å². The van der Waals surface area contributed by atoms with Crippen molar-refractivity contribution in [2.45, 2.75) is 6.92 Å². The van der Waals surface area contributed by atoms with Gasteiger partial charge in [0.1, 0.15) is 4.88 Å². The second-order valence-electron chi connectivity index (χ2n) is 5.22. The number of thiophene rings is 1.